The van der Waals surface area contributed by atoms with Crippen molar-refractivity contribution in [1.29, 1.82) is 0 Å². The number of aromatic nitrogens is 4. The van der Waals surface area contributed by atoms with Gasteiger partial charge < -0.3 is 5.32 Å². The molecule has 6 nitrogen and oxygen atoms in total. The van der Waals surface area contributed by atoms with Crippen molar-refractivity contribution >= 4 is 17.0 Å². The smallest absolute Gasteiger partial charge is 0.263 e. The summed E-state index contributed by atoms with van der Waals surface area (Å²) in [6.45, 7) is 11.2. The lowest BCUT2D eigenvalue weighted by Crippen LogP contribution is -2.24. The molecule has 2 aromatic heterocycles. The predicted molar refractivity (Wildman–Crippen MR) is 81.1 cm³/mol. The Morgan fingerprint density at radius 2 is 2.10 bits per heavy atom. The fourth-order valence-electron chi connectivity index (χ4n) is 1.97. The quantitative estimate of drug-likeness (QED) is 0.899. The number of aromatic amines is 1. The number of nitrogens with one attached hydrogen (secondary N) is 2. The third kappa shape index (κ3) is 3.00. The number of H-pyrrole nitrogens is 1. The van der Waals surface area contributed by atoms with Crippen LogP contribution in [0.5, 0.6) is 0 Å². The summed E-state index contributed by atoms with van der Waals surface area (Å²) < 4.78 is 1.78. The molecule has 0 bridgehead atoms. The molecule has 2 heterocycles. The van der Waals surface area contributed by atoms with Gasteiger partial charge in [-0.2, -0.15) is 10.1 Å². The lowest BCUT2D eigenvalue weighted by molar-refractivity contribution is 0.366. The Morgan fingerprint density at radius 1 is 1.40 bits per heavy atom. The Hall–Kier alpha value is -1.85. The van der Waals surface area contributed by atoms with Crippen molar-refractivity contribution in [3.63, 3.8) is 0 Å². The van der Waals surface area contributed by atoms with E-state index in [2.05, 4.69) is 34.2 Å². The molecule has 0 aliphatic carbocycles. The van der Waals surface area contributed by atoms with Crippen LogP contribution in [0.15, 0.2) is 11.0 Å². The molecule has 2 aromatic rings. The Morgan fingerprint density at radius 3 is 2.70 bits per heavy atom. The molecular weight excluding hydrogens is 254 g/mol. The number of fused-ring (bicyclic) bond motifs is 1. The van der Waals surface area contributed by atoms with E-state index in [4.69, 9.17) is 0 Å². The van der Waals surface area contributed by atoms with E-state index in [9.17, 15) is 4.79 Å². The van der Waals surface area contributed by atoms with Crippen LogP contribution in [0.25, 0.3) is 11.0 Å². The van der Waals surface area contributed by atoms with Gasteiger partial charge in [0.15, 0.2) is 5.65 Å². The van der Waals surface area contributed by atoms with Crippen molar-refractivity contribution in [3.8, 4) is 0 Å². The summed E-state index contributed by atoms with van der Waals surface area (Å²) >= 11 is 0. The van der Waals surface area contributed by atoms with E-state index >= 15 is 0 Å². The molecule has 0 saturated carbocycles. The van der Waals surface area contributed by atoms with Gasteiger partial charge in [0.25, 0.3) is 5.56 Å². The normalized spacial score (nSPS) is 12.3. The number of hydrogen-bond donors (Lipinski definition) is 2. The monoisotopic (exact) mass is 277 g/mol. The molecule has 0 saturated heterocycles. The van der Waals surface area contributed by atoms with Crippen LogP contribution in [0, 0.1) is 5.92 Å². The summed E-state index contributed by atoms with van der Waals surface area (Å²) in [6.07, 6.45) is 2.60. The maximum absolute atomic E-state index is 12.0. The fourth-order valence-corrected chi connectivity index (χ4v) is 1.97. The minimum atomic E-state index is -0.211. The fraction of sp³-hybridized carbons (Fsp3) is 0.643. The van der Waals surface area contributed by atoms with Crippen LogP contribution in [-0.4, -0.2) is 26.3 Å². The van der Waals surface area contributed by atoms with Crippen molar-refractivity contribution in [2.24, 2.45) is 5.92 Å². The van der Waals surface area contributed by atoms with E-state index in [0.29, 0.717) is 22.9 Å². The van der Waals surface area contributed by atoms with Crippen molar-refractivity contribution in [3.05, 3.63) is 16.6 Å². The molecule has 0 aromatic carbocycles. The Bertz CT molecular complexity index is 648. The lowest BCUT2D eigenvalue weighted by atomic mass is 10.1. The van der Waals surface area contributed by atoms with E-state index in [1.165, 1.54) is 0 Å². The molecule has 0 unspecified atom stereocenters. The lowest BCUT2D eigenvalue weighted by Gasteiger charge is -2.19. The van der Waals surface area contributed by atoms with Crippen LogP contribution in [-0.2, 0) is 5.54 Å². The largest absolute Gasteiger partial charge is 0.356 e. The molecule has 6 heteroatoms. The molecule has 0 aliphatic rings. The van der Waals surface area contributed by atoms with Crippen molar-refractivity contribution in [1.82, 2.24) is 19.7 Å². The van der Waals surface area contributed by atoms with Gasteiger partial charge in [-0.25, -0.2) is 4.68 Å². The zero-order valence-electron chi connectivity index (χ0n) is 12.8. The van der Waals surface area contributed by atoms with Gasteiger partial charge in [0, 0.05) is 6.54 Å². The maximum atomic E-state index is 12.0. The van der Waals surface area contributed by atoms with Gasteiger partial charge in [0.1, 0.15) is 5.39 Å². The standard InChI is InChI=1S/C14H23N5O/c1-9(2)6-7-15-13-17-11-10(12(20)18-13)8-16-19(11)14(3,4)5/h8-9H,6-7H2,1-5H3,(H2,15,17,18,20). The first kappa shape index (κ1) is 14.6. The number of anilines is 1. The second-order valence-electron chi connectivity index (χ2n) is 6.49. The minimum Gasteiger partial charge on any atom is -0.356 e. The molecule has 0 spiro atoms. The van der Waals surface area contributed by atoms with E-state index in [-0.39, 0.29) is 11.1 Å². The average Bonchev–Trinajstić information content (AvgIpc) is 2.72. The Kier molecular flexibility index (Phi) is 3.83. The predicted octanol–water partition coefficient (Wildman–Crippen LogP) is 2.33. The summed E-state index contributed by atoms with van der Waals surface area (Å²) in [7, 11) is 0. The molecule has 110 valence electrons. The molecule has 2 rings (SSSR count). The first-order valence-corrected chi connectivity index (χ1v) is 7.01. The summed E-state index contributed by atoms with van der Waals surface area (Å²) in [6, 6.07) is 0. The zero-order valence-corrected chi connectivity index (χ0v) is 12.8. The topological polar surface area (TPSA) is 75.6 Å². The van der Waals surface area contributed by atoms with Crippen LogP contribution in [0.1, 0.15) is 41.0 Å². The van der Waals surface area contributed by atoms with Crippen LogP contribution in [0.4, 0.5) is 5.95 Å². The van der Waals surface area contributed by atoms with Crippen LogP contribution in [0.2, 0.25) is 0 Å². The first-order valence-electron chi connectivity index (χ1n) is 7.01. The van der Waals surface area contributed by atoms with Gasteiger partial charge in [0.05, 0.1) is 11.7 Å². The number of rotatable bonds is 4. The van der Waals surface area contributed by atoms with Crippen molar-refractivity contribution in [2.45, 2.75) is 46.6 Å². The van der Waals surface area contributed by atoms with E-state index in [1.54, 1.807) is 10.9 Å². The highest BCUT2D eigenvalue weighted by Gasteiger charge is 2.19. The van der Waals surface area contributed by atoms with E-state index in [0.717, 1.165) is 13.0 Å². The summed E-state index contributed by atoms with van der Waals surface area (Å²) in [5, 5.41) is 7.98. The molecule has 0 amide bonds. The SMILES string of the molecule is CC(C)CCNc1nc2c(cnn2C(C)(C)C)c(=O)[nH]1. The molecular formula is C14H23N5O. The van der Waals surface area contributed by atoms with Gasteiger partial charge in [-0.3, -0.25) is 9.78 Å². The van der Waals surface area contributed by atoms with E-state index in [1.807, 2.05) is 20.8 Å². The third-order valence-electron chi connectivity index (χ3n) is 3.09. The molecule has 0 fully saturated rings. The Balaban J connectivity index is 2.37. The molecule has 0 radical (unpaired) electrons. The molecule has 0 aliphatic heterocycles. The summed E-state index contributed by atoms with van der Waals surface area (Å²) in [5.74, 6) is 1.12. The molecule has 0 atom stereocenters. The minimum absolute atomic E-state index is 0.155. The molecule has 2 N–H and O–H groups in total. The highest BCUT2D eigenvalue weighted by atomic mass is 16.1. The summed E-state index contributed by atoms with van der Waals surface area (Å²) in [4.78, 5) is 19.3. The second-order valence-corrected chi connectivity index (χ2v) is 6.49. The Labute approximate surface area is 118 Å². The van der Waals surface area contributed by atoms with Crippen molar-refractivity contribution < 1.29 is 0 Å². The van der Waals surface area contributed by atoms with Gasteiger partial charge in [-0.1, -0.05) is 13.8 Å². The van der Waals surface area contributed by atoms with E-state index < -0.39 is 0 Å². The van der Waals surface area contributed by atoms with Gasteiger partial charge in [-0.15, -0.1) is 0 Å². The third-order valence-corrected chi connectivity index (χ3v) is 3.09. The van der Waals surface area contributed by atoms with Gasteiger partial charge in [0.2, 0.25) is 5.95 Å². The number of nitrogens with zero attached hydrogens (tertiary/aromatic N) is 3. The van der Waals surface area contributed by atoms with Crippen molar-refractivity contribution in [2.75, 3.05) is 11.9 Å². The van der Waals surface area contributed by atoms with Gasteiger partial charge in [-0.05, 0) is 33.1 Å². The summed E-state index contributed by atoms with van der Waals surface area (Å²) in [5.41, 5.74) is 0.253. The van der Waals surface area contributed by atoms with Crippen LogP contribution >= 0.6 is 0 Å². The zero-order chi connectivity index (χ0) is 14.9. The highest BCUT2D eigenvalue weighted by Crippen LogP contribution is 2.18. The highest BCUT2D eigenvalue weighted by molar-refractivity contribution is 5.74. The average molecular weight is 277 g/mol. The maximum Gasteiger partial charge on any atom is 0.263 e. The first-order chi connectivity index (χ1) is 9.29. The number of hydrogen-bond acceptors (Lipinski definition) is 4. The molecule has 20 heavy (non-hydrogen) atoms. The second kappa shape index (κ2) is 5.26. The van der Waals surface area contributed by atoms with Crippen LogP contribution < -0.4 is 10.9 Å². The van der Waals surface area contributed by atoms with Crippen LogP contribution in [0.3, 0.4) is 0 Å². The van der Waals surface area contributed by atoms with Gasteiger partial charge >= 0.3 is 0 Å².